The van der Waals surface area contributed by atoms with Crippen LogP contribution in [0.2, 0.25) is 5.02 Å². The molecule has 2 rings (SSSR count). The Balaban J connectivity index is 2.75. The van der Waals surface area contributed by atoms with Crippen molar-refractivity contribution in [2.75, 3.05) is 5.73 Å². The molecule has 0 fully saturated rings. The van der Waals surface area contributed by atoms with Gasteiger partial charge in [-0.25, -0.2) is 9.97 Å². The van der Waals surface area contributed by atoms with Crippen molar-refractivity contribution in [1.82, 2.24) is 9.97 Å². The van der Waals surface area contributed by atoms with Gasteiger partial charge in [-0.05, 0) is 19.9 Å². The SMILES string of the molecule is CC(C)Oc1cc2c(N)nc(C(C)(C)C)nc2c(Cl)c1O. The molecule has 0 radical (unpaired) electrons. The number of ether oxygens (including phenoxy) is 1. The van der Waals surface area contributed by atoms with E-state index >= 15 is 0 Å². The van der Waals surface area contributed by atoms with Gasteiger partial charge in [-0.3, -0.25) is 0 Å². The molecule has 0 saturated heterocycles. The largest absolute Gasteiger partial charge is 0.503 e. The summed E-state index contributed by atoms with van der Waals surface area (Å²) >= 11 is 6.23. The molecule has 3 N–H and O–H groups in total. The number of aromatic hydroxyl groups is 1. The Bertz CT molecular complexity index is 694. The lowest BCUT2D eigenvalue weighted by Gasteiger charge is -2.19. The van der Waals surface area contributed by atoms with Crippen molar-refractivity contribution in [3.8, 4) is 11.5 Å². The first-order valence-electron chi connectivity index (χ1n) is 6.77. The highest BCUT2D eigenvalue weighted by Crippen LogP contribution is 2.41. The number of nitrogens with zero attached hydrogens (tertiary/aromatic N) is 2. The molecule has 1 heterocycles. The monoisotopic (exact) mass is 309 g/mol. The van der Waals surface area contributed by atoms with Crippen molar-refractivity contribution < 1.29 is 9.84 Å². The molecular weight excluding hydrogens is 290 g/mol. The molecule has 114 valence electrons. The third-order valence-corrected chi connectivity index (χ3v) is 3.29. The number of halogens is 1. The summed E-state index contributed by atoms with van der Waals surface area (Å²) in [6.45, 7) is 9.67. The molecule has 0 spiro atoms. The summed E-state index contributed by atoms with van der Waals surface area (Å²) in [7, 11) is 0. The Morgan fingerprint density at radius 3 is 2.43 bits per heavy atom. The third kappa shape index (κ3) is 2.97. The average molecular weight is 310 g/mol. The van der Waals surface area contributed by atoms with Crippen molar-refractivity contribution in [3.05, 3.63) is 16.9 Å². The van der Waals surface area contributed by atoms with Gasteiger partial charge >= 0.3 is 0 Å². The fraction of sp³-hybridized carbons (Fsp3) is 0.467. The van der Waals surface area contributed by atoms with Crippen LogP contribution in [0.15, 0.2) is 6.07 Å². The lowest BCUT2D eigenvalue weighted by atomic mass is 9.95. The first-order valence-corrected chi connectivity index (χ1v) is 7.15. The molecule has 0 unspecified atom stereocenters. The van der Waals surface area contributed by atoms with Crippen molar-refractivity contribution >= 4 is 28.3 Å². The van der Waals surface area contributed by atoms with E-state index in [1.165, 1.54) is 0 Å². The highest BCUT2D eigenvalue weighted by atomic mass is 35.5. The van der Waals surface area contributed by atoms with Crippen LogP contribution in [0.4, 0.5) is 5.82 Å². The number of fused-ring (bicyclic) bond motifs is 1. The first-order chi connectivity index (χ1) is 9.61. The molecule has 21 heavy (non-hydrogen) atoms. The second kappa shape index (κ2) is 5.22. The van der Waals surface area contributed by atoms with Crippen LogP contribution >= 0.6 is 11.6 Å². The van der Waals surface area contributed by atoms with Gasteiger partial charge in [0.25, 0.3) is 0 Å². The highest BCUT2D eigenvalue weighted by Gasteiger charge is 2.22. The molecule has 1 aromatic carbocycles. The summed E-state index contributed by atoms with van der Waals surface area (Å²) < 4.78 is 5.54. The average Bonchev–Trinajstić information content (AvgIpc) is 2.34. The lowest BCUT2D eigenvalue weighted by molar-refractivity contribution is 0.232. The van der Waals surface area contributed by atoms with Gasteiger partial charge in [-0.2, -0.15) is 0 Å². The number of aromatic nitrogens is 2. The number of hydrogen-bond acceptors (Lipinski definition) is 5. The predicted molar refractivity (Wildman–Crippen MR) is 85.1 cm³/mol. The number of hydrogen-bond donors (Lipinski definition) is 2. The molecule has 5 nitrogen and oxygen atoms in total. The van der Waals surface area contributed by atoms with Gasteiger partial charge in [0.1, 0.15) is 16.7 Å². The van der Waals surface area contributed by atoms with E-state index in [2.05, 4.69) is 9.97 Å². The van der Waals surface area contributed by atoms with Crippen LogP contribution in [0.3, 0.4) is 0 Å². The molecule has 0 bridgehead atoms. The Morgan fingerprint density at radius 2 is 1.90 bits per heavy atom. The molecule has 1 aromatic heterocycles. The summed E-state index contributed by atoms with van der Waals surface area (Å²) in [6.07, 6.45) is -0.0968. The van der Waals surface area contributed by atoms with Gasteiger partial charge in [0, 0.05) is 10.8 Å². The number of phenols is 1. The summed E-state index contributed by atoms with van der Waals surface area (Å²) in [6, 6.07) is 1.62. The molecule has 0 amide bonds. The van der Waals surface area contributed by atoms with E-state index in [-0.39, 0.29) is 28.0 Å². The molecule has 0 saturated carbocycles. The quantitative estimate of drug-likeness (QED) is 0.884. The maximum Gasteiger partial charge on any atom is 0.179 e. The molecule has 0 aliphatic heterocycles. The van der Waals surface area contributed by atoms with Gasteiger partial charge in [-0.1, -0.05) is 32.4 Å². The maximum atomic E-state index is 10.2. The van der Waals surface area contributed by atoms with Crippen molar-refractivity contribution in [3.63, 3.8) is 0 Å². The Labute approximate surface area is 129 Å². The second-order valence-corrected chi connectivity index (χ2v) is 6.66. The number of phenolic OH excluding ortho intramolecular Hbond substituents is 1. The fourth-order valence-corrected chi connectivity index (χ4v) is 2.13. The minimum atomic E-state index is -0.269. The summed E-state index contributed by atoms with van der Waals surface area (Å²) in [5, 5.41) is 10.9. The van der Waals surface area contributed by atoms with Crippen LogP contribution in [-0.2, 0) is 5.41 Å². The van der Waals surface area contributed by atoms with Crippen LogP contribution in [0.5, 0.6) is 11.5 Å². The normalized spacial score (nSPS) is 12.1. The summed E-state index contributed by atoms with van der Waals surface area (Å²) in [5.74, 6) is 1.05. The summed E-state index contributed by atoms with van der Waals surface area (Å²) in [4.78, 5) is 8.78. The molecule has 0 aliphatic rings. The zero-order chi connectivity index (χ0) is 15.9. The molecule has 6 heteroatoms. The van der Waals surface area contributed by atoms with Crippen LogP contribution in [0, 0.1) is 0 Å². The number of nitrogens with two attached hydrogens (primary N) is 1. The highest BCUT2D eigenvalue weighted by molar-refractivity contribution is 6.37. The van der Waals surface area contributed by atoms with E-state index in [4.69, 9.17) is 22.1 Å². The van der Waals surface area contributed by atoms with Crippen LogP contribution in [-0.4, -0.2) is 21.2 Å². The minimum Gasteiger partial charge on any atom is -0.503 e. The molecule has 2 aromatic rings. The van der Waals surface area contributed by atoms with E-state index in [9.17, 15) is 5.11 Å². The van der Waals surface area contributed by atoms with Crippen molar-refractivity contribution in [1.29, 1.82) is 0 Å². The van der Waals surface area contributed by atoms with Crippen molar-refractivity contribution in [2.45, 2.75) is 46.1 Å². The minimum absolute atomic E-state index is 0.0968. The Hall–Kier alpha value is -1.75. The van der Waals surface area contributed by atoms with E-state index in [0.717, 1.165) is 0 Å². The molecule has 0 atom stereocenters. The lowest BCUT2D eigenvalue weighted by Crippen LogP contribution is -2.17. The predicted octanol–water partition coefficient (Wildman–Crippen LogP) is 3.66. The smallest absolute Gasteiger partial charge is 0.179 e. The second-order valence-electron chi connectivity index (χ2n) is 6.28. The van der Waals surface area contributed by atoms with Gasteiger partial charge < -0.3 is 15.6 Å². The summed E-state index contributed by atoms with van der Waals surface area (Å²) in [5.41, 5.74) is 6.19. The molecule has 0 aliphatic carbocycles. The zero-order valence-electron chi connectivity index (χ0n) is 12.9. The number of rotatable bonds is 2. The van der Waals surface area contributed by atoms with Crippen LogP contribution in [0.25, 0.3) is 10.9 Å². The van der Waals surface area contributed by atoms with Gasteiger partial charge in [0.05, 0.1) is 11.6 Å². The van der Waals surface area contributed by atoms with E-state index < -0.39 is 0 Å². The van der Waals surface area contributed by atoms with Crippen LogP contribution < -0.4 is 10.5 Å². The van der Waals surface area contributed by atoms with Gasteiger partial charge in [0.15, 0.2) is 11.5 Å². The van der Waals surface area contributed by atoms with E-state index in [1.54, 1.807) is 6.07 Å². The standard InChI is InChI=1S/C15H20ClN3O2/c1-7(2)21-9-6-8-11(10(16)12(9)20)18-14(15(3,4)5)19-13(8)17/h6-7,20H,1-5H3,(H2,17,18,19). The Kier molecular flexibility index (Phi) is 3.89. The molecular formula is C15H20ClN3O2. The van der Waals surface area contributed by atoms with Crippen molar-refractivity contribution in [2.24, 2.45) is 0 Å². The Morgan fingerprint density at radius 1 is 1.29 bits per heavy atom. The number of benzene rings is 1. The van der Waals surface area contributed by atoms with E-state index in [1.807, 2.05) is 34.6 Å². The zero-order valence-corrected chi connectivity index (χ0v) is 13.6. The third-order valence-electron chi connectivity index (χ3n) is 2.93. The van der Waals surface area contributed by atoms with Gasteiger partial charge in [0.2, 0.25) is 0 Å². The van der Waals surface area contributed by atoms with Gasteiger partial charge in [-0.15, -0.1) is 0 Å². The fourth-order valence-electron chi connectivity index (χ4n) is 1.90. The number of anilines is 1. The first kappa shape index (κ1) is 15.6. The number of nitrogen functional groups attached to an aromatic ring is 1. The maximum absolute atomic E-state index is 10.2. The van der Waals surface area contributed by atoms with E-state index in [0.29, 0.717) is 22.5 Å². The van der Waals surface area contributed by atoms with Crippen LogP contribution in [0.1, 0.15) is 40.4 Å². The topological polar surface area (TPSA) is 81.3 Å².